The van der Waals surface area contributed by atoms with Crippen molar-refractivity contribution in [3.63, 3.8) is 0 Å². The Bertz CT molecular complexity index is 385. The predicted molar refractivity (Wildman–Crippen MR) is 65.4 cm³/mol. The first kappa shape index (κ1) is 11.0. The van der Waals surface area contributed by atoms with Crippen molar-refractivity contribution >= 4 is 15.9 Å². The summed E-state index contributed by atoms with van der Waals surface area (Å²) < 4.78 is 6.33. The van der Waals surface area contributed by atoms with Crippen LogP contribution in [0.3, 0.4) is 0 Å². The van der Waals surface area contributed by atoms with Gasteiger partial charge in [0.1, 0.15) is 5.75 Å². The van der Waals surface area contributed by atoms with Crippen molar-refractivity contribution in [2.45, 2.75) is 25.2 Å². The Hall–Kier alpha value is -0.540. The van der Waals surface area contributed by atoms with E-state index in [1.54, 1.807) is 7.11 Å². The summed E-state index contributed by atoms with van der Waals surface area (Å²) in [5.41, 5.74) is 8.73. The summed E-state index contributed by atoms with van der Waals surface area (Å²) in [6, 6.07) is 4.24. The fourth-order valence-corrected chi connectivity index (χ4v) is 2.73. The highest BCUT2D eigenvalue weighted by atomic mass is 79.9. The number of hydrogen-bond donors (Lipinski definition) is 1. The average Bonchev–Trinajstić information content (AvgIpc) is 2.99. The molecule has 0 saturated heterocycles. The second-order valence-corrected chi connectivity index (χ2v) is 5.14. The second-order valence-electron chi connectivity index (χ2n) is 4.29. The highest BCUT2D eigenvalue weighted by Crippen LogP contribution is 2.49. The topological polar surface area (TPSA) is 35.2 Å². The van der Waals surface area contributed by atoms with Gasteiger partial charge in [0.15, 0.2) is 0 Å². The van der Waals surface area contributed by atoms with Gasteiger partial charge in [-0.25, -0.2) is 0 Å². The number of halogens is 1. The first-order chi connectivity index (χ1) is 7.13. The van der Waals surface area contributed by atoms with Crippen LogP contribution >= 0.6 is 15.9 Å². The highest BCUT2D eigenvalue weighted by molar-refractivity contribution is 9.10. The Morgan fingerprint density at radius 3 is 2.60 bits per heavy atom. The molecule has 0 radical (unpaired) electrons. The molecule has 1 aromatic carbocycles. The molecule has 1 aromatic rings. The zero-order chi connectivity index (χ0) is 11.1. The first-order valence-electron chi connectivity index (χ1n) is 5.17. The second kappa shape index (κ2) is 3.80. The fraction of sp³-hybridized carbons (Fsp3) is 0.500. The van der Waals surface area contributed by atoms with E-state index in [-0.39, 0.29) is 5.41 Å². The molecule has 0 atom stereocenters. The molecule has 0 aromatic heterocycles. The molecule has 2 N–H and O–H groups in total. The summed E-state index contributed by atoms with van der Waals surface area (Å²) in [6.07, 6.45) is 2.41. The van der Waals surface area contributed by atoms with Crippen LogP contribution in [-0.4, -0.2) is 13.7 Å². The molecule has 0 heterocycles. The summed E-state index contributed by atoms with van der Waals surface area (Å²) in [5.74, 6) is 0.898. The number of ether oxygens (including phenoxy) is 1. The quantitative estimate of drug-likeness (QED) is 0.916. The molecule has 1 aliphatic carbocycles. The van der Waals surface area contributed by atoms with Gasteiger partial charge in [-0.2, -0.15) is 0 Å². The Morgan fingerprint density at radius 2 is 2.13 bits per heavy atom. The smallest absolute Gasteiger partial charge is 0.133 e. The third-order valence-electron chi connectivity index (χ3n) is 3.31. The summed E-state index contributed by atoms with van der Waals surface area (Å²) in [5, 5.41) is 0. The highest BCUT2D eigenvalue weighted by Gasteiger charge is 2.44. The van der Waals surface area contributed by atoms with Crippen LogP contribution in [0.2, 0.25) is 0 Å². The van der Waals surface area contributed by atoms with E-state index in [1.165, 1.54) is 24.0 Å². The van der Waals surface area contributed by atoms with Crippen LogP contribution < -0.4 is 10.5 Å². The van der Waals surface area contributed by atoms with Crippen molar-refractivity contribution in [2.75, 3.05) is 13.7 Å². The van der Waals surface area contributed by atoms with Gasteiger partial charge in [-0.05, 0) is 59.0 Å². The molecule has 2 rings (SSSR count). The molecular formula is C12H16BrNO. The van der Waals surface area contributed by atoms with Crippen LogP contribution in [0.1, 0.15) is 24.0 Å². The normalized spacial score (nSPS) is 17.6. The minimum Gasteiger partial charge on any atom is -0.496 e. The van der Waals surface area contributed by atoms with Crippen LogP contribution in [0, 0.1) is 6.92 Å². The van der Waals surface area contributed by atoms with E-state index in [9.17, 15) is 0 Å². The zero-order valence-electron chi connectivity index (χ0n) is 9.14. The molecule has 0 aliphatic heterocycles. The van der Waals surface area contributed by atoms with E-state index in [1.807, 2.05) is 0 Å². The monoisotopic (exact) mass is 269 g/mol. The number of nitrogens with two attached hydrogens (primary N) is 1. The largest absolute Gasteiger partial charge is 0.496 e. The van der Waals surface area contributed by atoms with Crippen molar-refractivity contribution in [3.05, 3.63) is 27.7 Å². The van der Waals surface area contributed by atoms with Gasteiger partial charge < -0.3 is 10.5 Å². The maximum Gasteiger partial charge on any atom is 0.133 e. The van der Waals surface area contributed by atoms with E-state index in [0.717, 1.165) is 16.8 Å². The molecule has 3 heteroatoms. The third kappa shape index (κ3) is 1.79. The molecule has 0 amide bonds. The summed E-state index contributed by atoms with van der Waals surface area (Å²) in [7, 11) is 1.70. The fourth-order valence-electron chi connectivity index (χ4n) is 2.11. The Balaban J connectivity index is 2.47. The number of rotatable bonds is 3. The van der Waals surface area contributed by atoms with Gasteiger partial charge in [-0.15, -0.1) is 0 Å². The van der Waals surface area contributed by atoms with Gasteiger partial charge in [-0.1, -0.05) is 0 Å². The number of methoxy groups -OCH3 is 1. The maximum atomic E-state index is 5.85. The molecule has 0 unspecified atom stereocenters. The standard InChI is InChI=1S/C12H16BrNO/c1-8-5-10(13)11(15-2)6-9(8)12(7-14)3-4-12/h5-6H,3-4,7,14H2,1-2H3. The SMILES string of the molecule is COc1cc(C2(CN)CC2)c(C)cc1Br. The Kier molecular flexibility index (Phi) is 2.77. The van der Waals surface area contributed by atoms with Gasteiger partial charge in [-0.3, -0.25) is 0 Å². The number of aryl methyl sites for hydroxylation is 1. The summed E-state index contributed by atoms with van der Waals surface area (Å²) in [6.45, 7) is 2.87. The minimum atomic E-state index is 0.234. The average molecular weight is 270 g/mol. The van der Waals surface area contributed by atoms with E-state index in [4.69, 9.17) is 10.5 Å². The van der Waals surface area contributed by atoms with Crippen molar-refractivity contribution in [1.82, 2.24) is 0 Å². The van der Waals surface area contributed by atoms with Gasteiger partial charge in [0.2, 0.25) is 0 Å². The van der Waals surface area contributed by atoms with Crippen LogP contribution in [0.5, 0.6) is 5.75 Å². The van der Waals surface area contributed by atoms with E-state index >= 15 is 0 Å². The molecule has 2 nitrogen and oxygen atoms in total. The first-order valence-corrected chi connectivity index (χ1v) is 5.97. The number of benzene rings is 1. The van der Waals surface area contributed by atoms with Gasteiger partial charge in [0.05, 0.1) is 11.6 Å². The third-order valence-corrected chi connectivity index (χ3v) is 3.93. The van der Waals surface area contributed by atoms with E-state index in [0.29, 0.717) is 0 Å². The van der Waals surface area contributed by atoms with E-state index < -0.39 is 0 Å². The lowest BCUT2D eigenvalue weighted by molar-refractivity contribution is 0.410. The van der Waals surface area contributed by atoms with Gasteiger partial charge >= 0.3 is 0 Å². The minimum absolute atomic E-state index is 0.234. The summed E-state index contributed by atoms with van der Waals surface area (Å²) >= 11 is 3.49. The van der Waals surface area contributed by atoms with Crippen LogP contribution in [0.25, 0.3) is 0 Å². The zero-order valence-corrected chi connectivity index (χ0v) is 10.7. The summed E-state index contributed by atoms with van der Waals surface area (Å²) in [4.78, 5) is 0. The number of hydrogen-bond acceptors (Lipinski definition) is 2. The molecule has 15 heavy (non-hydrogen) atoms. The molecule has 1 saturated carbocycles. The van der Waals surface area contributed by atoms with Crippen LogP contribution in [0.15, 0.2) is 16.6 Å². The van der Waals surface area contributed by atoms with Crippen molar-refractivity contribution in [3.8, 4) is 5.75 Å². The van der Waals surface area contributed by atoms with Crippen LogP contribution in [-0.2, 0) is 5.41 Å². The maximum absolute atomic E-state index is 5.85. The Morgan fingerprint density at radius 1 is 1.47 bits per heavy atom. The van der Waals surface area contributed by atoms with Gasteiger partial charge in [0.25, 0.3) is 0 Å². The lowest BCUT2D eigenvalue weighted by Crippen LogP contribution is -2.20. The van der Waals surface area contributed by atoms with E-state index in [2.05, 4.69) is 35.0 Å². The van der Waals surface area contributed by atoms with Crippen molar-refractivity contribution in [1.29, 1.82) is 0 Å². The van der Waals surface area contributed by atoms with Crippen LogP contribution in [0.4, 0.5) is 0 Å². The van der Waals surface area contributed by atoms with Crippen molar-refractivity contribution in [2.24, 2.45) is 5.73 Å². The molecule has 0 bridgehead atoms. The predicted octanol–water partition coefficient (Wildman–Crippen LogP) is 2.76. The lowest BCUT2D eigenvalue weighted by atomic mass is 9.92. The molecule has 0 spiro atoms. The molecule has 1 aliphatic rings. The Labute approximate surface area is 98.9 Å². The molecular weight excluding hydrogens is 254 g/mol. The lowest BCUT2D eigenvalue weighted by Gasteiger charge is -2.18. The van der Waals surface area contributed by atoms with Gasteiger partial charge in [0, 0.05) is 12.0 Å². The van der Waals surface area contributed by atoms with Crippen molar-refractivity contribution < 1.29 is 4.74 Å². The molecule has 1 fully saturated rings. The molecule has 82 valence electrons.